The van der Waals surface area contributed by atoms with Gasteiger partial charge in [0.25, 0.3) is 0 Å². The number of methoxy groups -OCH3 is 1. The molecule has 0 atom stereocenters. The Kier molecular flexibility index (Phi) is 5.15. The molecule has 0 aliphatic carbocycles. The Morgan fingerprint density at radius 1 is 1.14 bits per heavy atom. The van der Waals surface area contributed by atoms with Gasteiger partial charge in [-0.2, -0.15) is 0 Å². The van der Waals surface area contributed by atoms with Crippen LogP contribution in [0, 0.1) is 5.92 Å². The number of hydrogen-bond donors (Lipinski definition) is 1. The molecule has 2 fully saturated rings. The lowest BCUT2D eigenvalue weighted by Crippen LogP contribution is -2.28. The smallest absolute Gasteiger partial charge is 0.122 e. The zero-order valence-electron chi connectivity index (χ0n) is 13.1. The summed E-state index contributed by atoms with van der Waals surface area (Å²) in [4.78, 5) is 0. The van der Waals surface area contributed by atoms with E-state index < -0.39 is 0 Å². The van der Waals surface area contributed by atoms with Crippen molar-refractivity contribution in [3.8, 4) is 5.75 Å². The van der Waals surface area contributed by atoms with Crippen molar-refractivity contribution in [3.05, 3.63) is 29.3 Å². The molecule has 2 aliphatic heterocycles. The lowest BCUT2D eigenvalue weighted by atomic mass is 9.86. The molecule has 2 aliphatic rings. The minimum atomic E-state index is 0.663. The highest BCUT2D eigenvalue weighted by Gasteiger charge is 2.20. The van der Waals surface area contributed by atoms with Crippen LogP contribution in [0.1, 0.15) is 42.7 Å². The Morgan fingerprint density at radius 3 is 2.62 bits per heavy atom. The van der Waals surface area contributed by atoms with Crippen molar-refractivity contribution in [2.24, 2.45) is 5.92 Å². The van der Waals surface area contributed by atoms with Crippen LogP contribution in [0.15, 0.2) is 18.2 Å². The lowest BCUT2D eigenvalue weighted by molar-refractivity contribution is 0.0853. The summed E-state index contributed by atoms with van der Waals surface area (Å²) in [6.07, 6.45) is 6.02. The van der Waals surface area contributed by atoms with Gasteiger partial charge >= 0.3 is 0 Å². The normalized spacial score (nSPS) is 21.4. The van der Waals surface area contributed by atoms with Crippen molar-refractivity contribution < 1.29 is 9.47 Å². The third-order valence-electron chi connectivity index (χ3n) is 4.96. The van der Waals surface area contributed by atoms with Crippen LogP contribution in [-0.2, 0) is 11.2 Å². The number of ether oxygens (including phenoxy) is 2. The van der Waals surface area contributed by atoms with Gasteiger partial charge in [-0.15, -0.1) is 0 Å². The van der Waals surface area contributed by atoms with Crippen molar-refractivity contribution >= 4 is 0 Å². The van der Waals surface area contributed by atoms with E-state index in [1.165, 1.54) is 24.0 Å². The lowest BCUT2D eigenvalue weighted by Gasteiger charge is -2.26. The first-order valence-corrected chi connectivity index (χ1v) is 8.32. The Labute approximate surface area is 128 Å². The van der Waals surface area contributed by atoms with Gasteiger partial charge in [0.2, 0.25) is 0 Å². The molecule has 1 N–H and O–H groups in total. The van der Waals surface area contributed by atoms with Gasteiger partial charge in [-0.25, -0.2) is 0 Å². The minimum absolute atomic E-state index is 0.663. The highest BCUT2D eigenvalue weighted by Crippen LogP contribution is 2.32. The van der Waals surface area contributed by atoms with Crippen LogP contribution in [0.3, 0.4) is 0 Å². The van der Waals surface area contributed by atoms with E-state index in [1.54, 1.807) is 7.11 Å². The zero-order valence-corrected chi connectivity index (χ0v) is 13.1. The molecule has 0 spiro atoms. The first kappa shape index (κ1) is 14.9. The molecular formula is C18H27NO2. The maximum absolute atomic E-state index is 5.59. The summed E-state index contributed by atoms with van der Waals surface area (Å²) in [5.74, 6) is 2.52. The van der Waals surface area contributed by atoms with Crippen LogP contribution in [0.5, 0.6) is 5.75 Å². The van der Waals surface area contributed by atoms with Gasteiger partial charge in [0, 0.05) is 13.2 Å². The Balaban J connectivity index is 1.75. The summed E-state index contributed by atoms with van der Waals surface area (Å²) in [5, 5.41) is 3.45. The van der Waals surface area contributed by atoms with Gasteiger partial charge in [-0.3, -0.25) is 0 Å². The predicted molar refractivity (Wildman–Crippen MR) is 85.1 cm³/mol. The van der Waals surface area contributed by atoms with Crippen LogP contribution in [0.25, 0.3) is 0 Å². The number of nitrogens with one attached hydrogen (secondary N) is 1. The molecule has 3 rings (SSSR count). The fraction of sp³-hybridized carbons (Fsp3) is 0.667. The second kappa shape index (κ2) is 7.28. The molecule has 0 bridgehead atoms. The molecule has 2 saturated heterocycles. The van der Waals surface area contributed by atoms with E-state index in [9.17, 15) is 0 Å². The fourth-order valence-electron chi connectivity index (χ4n) is 3.64. The largest absolute Gasteiger partial charge is 0.496 e. The van der Waals surface area contributed by atoms with Crippen LogP contribution in [0.4, 0.5) is 0 Å². The SMILES string of the molecule is COc1ccc(C2CCOCC2)cc1CC1CCNCC1. The van der Waals surface area contributed by atoms with Gasteiger partial charge in [-0.1, -0.05) is 12.1 Å². The van der Waals surface area contributed by atoms with Gasteiger partial charge in [0.1, 0.15) is 5.75 Å². The minimum Gasteiger partial charge on any atom is -0.496 e. The third kappa shape index (κ3) is 3.78. The average Bonchev–Trinajstić information content (AvgIpc) is 2.56. The number of benzene rings is 1. The molecule has 3 nitrogen and oxygen atoms in total. The van der Waals surface area contributed by atoms with Crippen LogP contribution in [-0.4, -0.2) is 33.4 Å². The quantitative estimate of drug-likeness (QED) is 0.924. The first-order chi connectivity index (χ1) is 10.4. The molecular weight excluding hydrogens is 262 g/mol. The van der Waals surface area contributed by atoms with Crippen LogP contribution < -0.4 is 10.1 Å². The molecule has 116 valence electrons. The van der Waals surface area contributed by atoms with Crippen molar-refractivity contribution in [3.63, 3.8) is 0 Å². The molecule has 0 aromatic heterocycles. The Morgan fingerprint density at radius 2 is 1.90 bits per heavy atom. The predicted octanol–water partition coefficient (Wildman–Crippen LogP) is 3.13. The van der Waals surface area contributed by atoms with E-state index >= 15 is 0 Å². The fourth-order valence-corrected chi connectivity index (χ4v) is 3.64. The number of rotatable bonds is 4. The molecule has 3 heteroatoms. The van der Waals surface area contributed by atoms with Crippen molar-refractivity contribution in [1.29, 1.82) is 0 Å². The summed E-state index contributed by atoms with van der Waals surface area (Å²) in [6.45, 7) is 4.12. The van der Waals surface area contributed by atoms with Crippen molar-refractivity contribution in [2.75, 3.05) is 33.4 Å². The van der Waals surface area contributed by atoms with Gasteiger partial charge in [0.15, 0.2) is 0 Å². The summed E-state index contributed by atoms with van der Waals surface area (Å²) < 4.78 is 11.1. The van der Waals surface area contributed by atoms with Gasteiger partial charge in [0.05, 0.1) is 7.11 Å². The summed E-state index contributed by atoms with van der Waals surface area (Å²) in [6, 6.07) is 6.82. The van der Waals surface area contributed by atoms with Crippen molar-refractivity contribution in [2.45, 2.75) is 38.0 Å². The van der Waals surface area contributed by atoms with E-state index in [0.29, 0.717) is 5.92 Å². The summed E-state index contributed by atoms with van der Waals surface area (Å²) in [7, 11) is 1.79. The van der Waals surface area contributed by atoms with E-state index in [2.05, 4.69) is 23.5 Å². The van der Waals surface area contributed by atoms with E-state index in [0.717, 1.165) is 57.2 Å². The van der Waals surface area contributed by atoms with E-state index in [1.807, 2.05) is 0 Å². The topological polar surface area (TPSA) is 30.5 Å². The maximum atomic E-state index is 5.59. The third-order valence-corrected chi connectivity index (χ3v) is 4.96. The van der Waals surface area contributed by atoms with Gasteiger partial charge in [-0.05, 0) is 74.2 Å². The van der Waals surface area contributed by atoms with E-state index in [4.69, 9.17) is 9.47 Å². The molecule has 0 unspecified atom stereocenters. The van der Waals surface area contributed by atoms with Crippen LogP contribution >= 0.6 is 0 Å². The highest BCUT2D eigenvalue weighted by atomic mass is 16.5. The number of hydrogen-bond acceptors (Lipinski definition) is 3. The Hall–Kier alpha value is -1.06. The second-order valence-electron chi connectivity index (χ2n) is 6.36. The molecule has 2 heterocycles. The monoisotopic (exact) mass is 289 g/mol. The first-order valence-electron chi connectivity index (χ1n) is 8.32. The second-order valence-corrected chi connectivity index (χ2v) is 6.36. The molecule has 21 heavy (non-hydrogen) atoms. The molecule has 1 aromatic rings. The summed E-state index contributed by atoms with van der Waals surface area (Å²) >= 11 is 0. The molecule has 0 saturated carbocycles. The molecule has 0 amide bonds. The number of piperidine rings is 1. The average molecular weight is 289 g/mol. The van der Waals surface area contributed by atoms with Gasteiger partial charge < -0.3 is 14.8 Å². The highest BCUT2D eigenvalue weighted by molar-refractivity contribution is 5.39. The molecule has 0 radical (unpaired) electrons. The van der Waals surface area contributed by atoms with E-state index in [-0.39, 0.29) is 0 Å². The standard InChI is InChI=1S/C18H27NO2/c1-20-18-3-2-16(15-6-10-21-11-7-15)13-17(18)12-14-4-8-19-9-5-14/h2-3,13-15,19H,4-12H2,1H3. The molecule has 1 aromatic carbocycles. The zero-order chi connectivity index (χ0) is 14.5. The van der Waals surface area contributed by atoms with Crippen LogP contribution in [0.2, 0.25) is 0 Å². The Bertz CT molecular complexity index is 449. The van der Waals surface area contributed by atoms with Crippen molar-refractivity contribution in [1.82, 2.24) is 5.32 Å². The maximum Gasteiger partial charge on any atom is 0.122 e. The summed E-state index contributed by atoms with van der Waals surface area (Å²) in [5.41, 5.74) is 2.87.